The summed E-state index contributed by atoms with van der Waals surface area (Å²) in [5, 5.41) is 3.04. The topological polar surface area (TPSA) is 71.1 Å². The first-order valence-electron chi connectivity index (χ1n) is 11.7. The van der Waals surface area contributed by atoms with Crippen LogP contribution in [0.25, 0.3) is 0 Å². The van der Waals surface area contributed by atoms with Crippen LogP contribution in [-0.4, -0.2) is 55.6 Å². The van der Waals surface area contributed by atoms with Gasteiger partial charge < -0.3 is 24.6 Å². The summed E-state index contributed by atoms with van der Waals surface area (Å²) in [4.78, 5) is 30.2. The van der Waals surface area contributed by atoms with Gasteiger partial charge in [-0.1, -0.05) is 54.6 Å². The second-order valence-corrected chi connectivity index (χ2v) is 8.53. The Balaban J connectivity index is 1.53. The van der Waals surface area contributed by atoms with E-state index >= 15 is 0 Å². The Morgan fingerprint density at radius 1 is 0.914 bits per heavy atom. The van der Waals surface area contributed by atoms with Gasteiger partial charge in [0.2, 0.25) is 0 Å². The first-order chi connectivity index (χ1) is 17.0. The lowest BCUT2D eigenvalue weighted by Gasteiger charge is -2.41. The number of urea groups is 1. The minimum atomic E-state index is -0.269. The Bertz CT molecular complexity index is 1180. The minimum absolute atomic E-state index is 0.111. The van der Waals surface area contributed by atoms with Crippen molar-refractivity contribution in [1.82, 2.24) is 15.1 Å². The molecule has 1 saturated heterocycles. The Morgan fingerprint density at radius 2 is 1.63 bits per heavy atom. The Kier molecular flexibility index (Phi) is 7.55. The summed E-state index contributed by atoms with van der Waals surface area (Å²) < 4.78 is 10.7. The lowest BCUT2D eigenvalue weighted by Crippen LogP contribution is -2.54. The van der Waals surface area contributed by atoms with Crippen LogP contribution in [0, 0.1) is 6.92 Å². The molecule has 3 amide bonds. The highest BCUT2D eigenvalue weighted by atomic mass is 16.5. The zero-order valence-corrected chi connectivity index (χ0v) is 20.4. The van der Waals surface area contributed by atoms with Crippen LogP contribution in [0.2, 0.25) is 0 Å². The van der Waals surface area contributed by atoms with Crippen LogP contribution in [0.3, 0.4) is 0 Å². The van der Waals surface area contributed by atoms with Gasteiger partial charge in [-0.2, -0.15) is 0 Å². The van der Waals surface area contributed by atoms with Crippen molar-refractivity contribution in [3.63, 3.8) is 0 Å². The Labute approximate surface area is 206 Å². The molecule has 4 rings (SSSR count). The highest BCUT2D eigenvalue weighted by molar-refractivity contribution is 5.95. The molecule has 1 heterocycles. The summed E-state index contributed by atoms with van der Waals surface area (Å²) in [6, 6.07) is 22.6. The summed E-state index contributed by atoms with van der Waals surface area (Å²) in [5.74, 6) is 0.961. The third-order valence-corrected chi connectivity index (χ3v) is 6.43. The fraction of sp³-hybridized carbons (Fsp3) is 0.286. The molecule has 7 heteroatoms. The average molecular weight is 474 g/mol. The minimum Gasteiger partial charge on any atom is -0.493 e. The van der Waals surface area contributed by atoms with Crippen LogP contribution >= 0.6 is 0 Å². The van der Waals surface area contributed by atoms with Gasteiger partial charge in [-0.15, -0.1) is 0 Å². The molecule has 0 radical (unpaired) electrons. The van der Waals surface area contributed by atoms with Crippen LogP contribution < -0.4 is 14.8 Å². The number of ether oxygens (including phenoxy) is 2. The first kappa shape index (κ1) is 24.1. The van der Waals surface area contributed by atoms with Crippen LogP contribution in [0.15, 0.2) is 72.8 Å². The van der Waals surface area contributed by atoms with Crippen LogP contribution in [0.1, 0.15) is 33.1 Å². The van der Waals surface area contributed by atoms with Gasteiger partial charge in [-0.05, 0) is 41.8 Å². The molecule has 7 nitrogen and oxygen atoms in total. The second kappa shape index (κ2) is 11.0. The number of benzene rings is 3. The molecule has 35 heavy (non-hydrogen) atoms. The number of amides is 3. The third-order valence-electron chi connectivity index (χ3n) is 6.43. The molecule has 0 bridgehead atoms. The molecule has 0 aliphatic carbocycles. The summed E-state index contributed by atoms with van der Waals surface area (Å²) in [6.07, 6.45) is 0. The van der Waals surface area contributed by atoms with Gasteiger partial charge >= 0.3 is 6.03 Å². The standard InChI is InChI=1S/C28H31N3O4/c1-20-9-7-8-12-23(20)18-29-28(33)30-15-16-31(24(19-30)21-10-5-4-6-11-21)27(32)22-13-14-25(34-2)26(17-22)35-3/h4-14,17,24H,15-16,18-19H2,1-3H3,(H,29,33). The monoisotopic (exact) mass is 473 g/mol. The first-order valence-corrected chi connectivity index (χ1v) is 11.7. The highest BCUT2D eigenvalue weighted by Crippen LogP contribution is 2.31. The molecule has 1 aliphatic rings. The quantitative estimate of drug-likeness (QED) is 0.575. The van der Waals surface area contributed by atoms with E-state index in [1.165, 1.54) is 0 Å². The molecule has 0 aromatic heterocycles. The van der Waals surface area contributed by atoms with E-state index in [2.05, 4.69) is 5.32 Å². The van der Waals surface area contributed by atoms with Gasteiger partial charge in [0.1, 0.15) is 0 Å². The van der Waals surface area contributed by atoms with E-state index in [0.717, 1.165) is 16.7 Å². The van der Waals surface area contributed by atoms with E-state index in [-0.39, 0.29) is 18.0 Å². The number of nitrogens with one attached hydrogen (secondary N) is 1. The number of nitrogens with zero attached hydrogens (tertiary/aromatic N) is 2. The smallest absolute Gasteiger partial charge is 0.317 e. The zero-order valence-electron chi connectivity index (χ0n) is 20.4. The molecular formula is C28H31N3O4. The van der Waals surface area contributed by atoms with Gasteiger partial charge in [-0.3, -0.25) is 4.79 Å². The van der Waals surface area contributed by atoms with E-state index < -0.39 is 0 Å². The molecule has 3 aromatic rings. The molecule has 1 N–H and O–H groups in total. The normalized spacial score (nSPS) is 15.5. The maximum atomic E-state index is 13.6. The predicted molar refractivity (Wildman–Crippen MR) is 135 cm³/mol. The maximum Gasteiger partial charge on any atom is 0.317 e. The van der Waals surface area contributed by atoms with Gasteiger partial charge in [0.05, 0.1) is 20.3 Å². The van der Waals surface area contributed by atoms with Crippen molar-refractivity contribution in [3.8, 4) is 11.5 Å². The molecule has 1 aliphatic heterocycles. The second-order valence-electron chi connectivity index (χ2n) is 8.53. The molecule has 0 saturated carbocycles. The Morgan fingerprint density at radius 3 is 2.34 bits per heavy atom. The van der Waals surface area contributed by atoms with Crippen molar-refractivity contribution < 1.29 is 19.1 Å². The summed E-state index contributed by atoms with van der Waals surface area (Å²) in [6.45, 7) is 3.77. The number of aryl methyl sites for hydroxylation is 1. The predicted octanol–water partition coefficient (Wildman–Crippen LogP) is 4.42. The lowest BCUT2D eigenvalue weighted by molar-refractivity contribution is 0.0505. The molecule has 1 unspecified atom stereocenters. The SMILES string of the molecule is COc1ccc(C(=O)N2CCN(C(=O)NCc3ccccc3C)CC2c2ccccc2)cc1OC. The van der Waals surface area contributed by atoms with Crippen LogP contribution in [0.4, 0.5) is 4.79 Å². The Hall–Kier alpha value is -4.00. The summed E-state index contributed by atoms with van der Waals surface area (Å²) in [5.41, 5.74) is 3.72. The number of methoxy groups -OCH3 is 2. The molecule has 1 atom stereocenters. The van der Waals surface area contributed by atoms with Crippen molar-refractivity contribution in [2.24, 2.45) is 0 Å². The average Bonchev–Trinajstić information content (AvgIpc) is 2.91. The number of piperazine rings is 1. The maximum absolute atomic E-state index is 13.6. The lowest BCUT2D eigenvalue weighted by atomic mass is 10.0. The fourth-order valence-electron chi connectivity index (χ4n) is 4.40. The van der Waals surface area contributed by atoms with E-state index in [9.17, 15) is 9.59 Å². The third kappa shape index (κ3) is 5.40. The van der Waals surface area contributed by atoms with Crippen molar-refractivity contribution in [2.45, 2.75) is 19.5 Å². The van der Waals surface area contributed by atoms with E-state index in [0.29, 0.717) is 43.2 Å². The number of rotatable bonds is 6. The number of hydrogen-bond acceptors (Lipinski definition) is 4. The van der Waals surface area contributed by atoms with E-state index in [1.54, 1.807) is 37.3 Å². The van der Waals surface area contributed by atoms with Gasteiger partial charge in [0.15, 0.2) is 11.5 Å². The molecule has 0 spiro atoms. The van der Waals surface area contributed by atoms with Crippen molar-refractivity contribution >= 4 is 11.9 Å². The summed E-state index contributed by atoms with van der Waals surface area (Å²) >= 11 is 0. The van der Waals surface area contributed by atoms with Crippen molar-refractivity contribution in [3.05, 3.63) is 95.1 Å². The van der Waals surface area contributed by atoms with Gasteiger partial charge in [0.25, 0.3) is 5.91 Å². The summed E-state index contributed by atoms with van der Waals surface area (Å²) in [7, 11) is 3.11. The molecular weight excluding hydrogens is 442 g/mol. The molecule has 182 valence electrons. The fourth-order valence-corrected chi connectivity index (χ4v) is 4.40. The molecule has 1 fully saturated rings. The van der Waals surface area contributed by atoms with E-state index in [4.69, 9.17) is 9.47 Å². The molecule has 3 aromatic carbocycles. The number of carbonyl (C=O) groups excluding carboxylic acids is 2. The van der Waals surface area contributed by atoms with E-state index in [1.807, 2.05) is 66.4 Å². The van der Waals surface area contributed by atoms with Gasteiger partial charge in [-0.25, -0.2) is 4.79 Å². The van der Waals surface area contributed by atoms with Crippen molar-refractivity contribution in [2.75, 3.05) is 33.9 Å². The van der Waals surface area contributed by atoms with Crippen LogP contribution in [-0.2, 0) is 6.54 Å². The van der Waals surface area contributed by atoms with Crippen molar-refractivity contribution in [1.29, 1.82) is 0 Å². The van der Waals surface area contributed by atoms with Gasteiger partial charge in [0, 0.05) is 31.7 Å². The number of hydrogen-bond donors (Lipinski definition) is 1. The van der Waals surface area contributed by atoms with Crippen LogP contribution in [0.5, 0.6) is 11.5 Å². The largest absolute Gasteiger partial charge is 0.493 e. The highest BCUT2D eigenvalue weighted by Gasteiger charge is 2.34. The number of carbonyl (C=O) groups is 2. The zero-order chi connectivity index (χ0) is 24.8.